The van der Waals surface area contributed by atoms with Crippen molar-refractivity contribution < 1.29 is 19.1 Å². The van der Waals surface area contributed by atoms with Crippen LogP contribution in [0, 0.1) is 0 Å². The fourth-order valence-electron chi connectivity index (χ4n) is 2.80. The van der Waals surface area contributed by atoms with Gasteiger partial charge in [-0.1, -0.05) is 11.6 Å². The molecule has 0 saturated heterocycles. The number of nitrogens with one attached hydrogen (secondary N) is 2. The largest absolute Gasteiger partial charge is 0.493 e. The summed E-state index contributed by atoms with van der Waals surface area (Å²) in [6.07, 6.45) is 7.93. The third-order valence-electron chi connectivity index (χ3n) is 4.21. The number of carbonyl (C=O) groups excluding carboxylic acids is 2. The lowest BCUT2D eigenvalue weighted by atomic mass is 9.97. The Morgan fingerprint density at radius 2 is 1.88 bits per heavy atom. The van der Waals surface area contributed by atoms with Crippen LogP contribution < -0.4 is 20.1 Å². The lowest BCUT2D eigenvalue weighted by Crippen LogP contribution is -2.37. The van der Waals surface area contributed by atoms with Gasteiger partial charge in [0.05, 0.1) is 20.8 Å². The van der Waals surface area contributed by atoms with Gasteiger partial charge in [-0.2, -0.15) is 0 Å². The first-order chi connectivity index (χ1) is 12.1. The minimum absolute atomic E-state index is 0.0494. The van der Waals surface area contributed by atoms with Crippen molar-refractivity contribution in [3.05, 3.63) is 35.4 Å². The average Bonchev–Trinajstić information content (AvgIpc) is 2.66. The lowest BCUT2D eigenvalue weighted by molar-refractivity contribution is -0.120. The van der Waals surface area contributed by atoms with Crippen LogP contribution in [-0.4, -0.2) is 39.1 Å². The molecule has 0 aliphatic heterocycles. The molecule has 6 heteroatoms. The number of allylic oxidation sites excluding steroid dienone is 1. The first-order valence-corrected chi connectivity index (χ1v) is 8.59. The number of hydrogen-bond donors (Lipinski definition) is 2. The Hall–Kier alpha value is -2.50. The molecule has 1 aromatic rings. The van der Waals surface area contributed by atoms with Gasteiger partial charge in [0.15, 0.2) is 11.5 Å². The Labute approximate surface area is 148 Å². The van der Waals surface area contributed by atoms with Crippen molar-refractivity contribution in [2.45, 2.75) is 32.1 Å². The van der Waals surface area contributed by atoms with Crippen molar-refractivity contribution in [2.24, 2.45) is 0 Å². The van der Waals surface area contributed by atoms with Gasteiger partial charge in [0, 0.05) is 12.1 Å². The molecule has 0 bridgehead atoms. The summed E-state index contributed by atoms with van der Waals surface area (Å²) < 4.78 is 10.3. The SMILES string of the molecule is COc1ccc(C(=O)NCC(=O)NCCC2=CCCCC2)cc1OC. The van der Waals surface area contributed by atoms with Gasteiger partial charge in [0.1, 0.15) is 0 Å². The summed E-state index contributed by atoms with van der Waals surface area (Å²) >= 11 is 0. The van der Waals surface area contributed by atoms with Gasteiger partial charge in [-0.15, -0.1) is 0 Å². The van der Waals surface area contributed by atoms with Crippen molar-refractivity contribution in [1.29, 1.82) is 0 Å². The second-order valence-electron chi connectivity index (χ2n) is 5.96. The molecule has 1 aliphatic rings. The number of carbonyl (C=O) groups is 2. The van der Waals surface area contributed by atoms with Crippen molar-refractivity contribution in [3.8, 4) is 11.5 Å². The molecule has 1 aliphatic carbocycles. The van der Waals surface area contributed by atoms with Crippen molar-refractivity contribution in [1.82, 2.24) is 10.6 Å². The van der Waals surface area contributed by atoms with Crippen molar-refractivity contribution in [3.63, 3.8) is 0 Å². The quantitative estimate of drug-likeness (QED) is 0.709. The van der Waals surface area contributed by atoms with Crippen LogP contribution in [0.5, 0.6) is 11.5 Å². The molecule has 0 aromatic heterocycles. The van der Waals surface area contributed by atoms with E-state index in [0.717, 1.165) is 19.3 Å². The highest BCUT2D eigenvalue weighted by atomic mass is 16.5. The highest BCUT2D eigenvalue weighted by Gasteiger charge is 2.12. The zero-order valence-corrected chi connectivity index (χ0v) is 14.9. The summed E-state index contributed by atoms with van der Waals surface area (Å²) in [4.78, 5) is 24.0. The predicted molar refractivity (Wildman–Crippen MR) is 96.1 cm³/mol. The number of methoxy groups -OCH3 is 2. The summed E-state index contributed by atoms with van der Waals surface area (Å²) in [5, 5.41) is 5.45. The Morgan fingerprint density at radius 3 is 2.56 bits per heavy atom. The monoisotopic (exact) mass is 346 g/mol. The van der Waals surface area contributed by atoms with E-state index in [1.165, 1.54) is 32.6 Å². The number of amides is 2. The van der Waals surface area contributed by atoms with Gasteiger partial charge in [-0.3, -0.25) is 9.59 Å². The summed E-state index contributed by atoms with van der Waals surface area (Å²) in [7, 11) is 3.04. The number of rotatable bonds is 8. The minimum Gasteiger partial charge on any atom is -0.493 e. The number of ether oxygens (including phenoxy) is 2. The highest BCUT2D eigenvalue weighted by Crippen LogP contribution is 2.27. The molecule has 136 valence electrons. The Morgan fingerprint density at radius 1 is 1.08 bits per heavy atom. The van der Waals surface area contributed by atoms with Crippen LogP contribution in [0.15, 0.2) is 29.8 Å². The summed E-state index contributed by atoms with van der Waals surface area (Å²) in [6.45, 7) is 0.559. The molecule has 0 saturated carbocycles. The zero-order valence-electron chi connectivity index (χ0n) is 14.9. The highest BCUT2D eigenvalue weighted by molar-refractivity contribution is 5.97. The van der Waals surface area contributed by atoms with Gasteiger partial charge >= 0.3 is 0 Å². The maximum atomic E-state index is 12.1. The molecule has 0 heterocycles. The smallest absolute Gasteiger partial charge is 0.251 e. The standard InChI is InChI=1S/C19H26N2O4/c1-24-16-9-8-15(12-17(16)25-2)19(23)21-13-18(22)20-11-10-14-6-4-3-5-7-14/h6,8-9,12H,3-5,7,10-11,13H2,1-2H3,(H,20,22)(H,21,23). The Kier molecular flexibility index (Phi) is 7.32. The molecule has 0 fully saturated rings. The molecule has 0 spiro atoms. The van der Waals surface area contributed by atoms with E-state index in [1.54, 1.807) is 18.2 Å². The Balaban J connectivity index is 1.75. The van der Waals surface area contributed by atoms with E-state index in [1.807, 2.05) is 0 Å². The molecule has 0 radical (unpaired) electrons. The molecule has 2 rings (SSSR count). The molecule has 0 atom stereocenters. The number of benzene rings is 1. The van der Waals surface area contributed by atoms with E-state index in [9.17, 15) is 9.59 Å². The molecular weight excluding hydrogens is 320 g/mol. The maximum Gasteiger partial charge on any atom is 0.251 e. The van der Waals surface area contributed by atoms with Gasteiger partial charge in [-0.25, -0.2) is 0 Å². The third kappa shape index (κ3) is 5.81. The first kappa shape index (κ1) is 18.8. The molecular formula is C19H26N2O4. The van der Waals surface area contributed by atoms with Crippen LogP contribution in [0.25, 0.3) is 0 Å². The average molecular weight is 346 g/mol. The lowest BCUT2D eigenvalue weighted by Gasteiger charge is -2.13. The van der Waals surface area contributed by atoms with Crippen LogP contribution in [0.3, 0.4) is 0 Å². The second kappa shape index (κ2) is 9.71. The maximum absolute atomic E-state index is 12.1. The zero-order chi connectivity index (χ0) is 18.1. The molecule has 2 amide bonds. The second-order valence-corrected chi connectivity index (χ2v) is 5.96. The van der Waals surface area contributed by atoms with Crippen LogP contribution in [-0.2, 0) is 4.79 Å². The van der Waals surface area contributed by atoms with E-state index in [4.69, 9.17) is 9.47 Å². The van der Waals surface area contributed by atoms with Gasteiger partial charge in [-0.05, 0) is 50.3 Å². The van der Waals surface area contributed by atoms with Crippen molar-refractivity contribution in [2.75, 3.05) is 27.3 Å². The van der Waals surface area contributed by atoms with Crippen LogP contribution in [0.2, 0.25) is 0 Å². The molecule has 1 aromatic carbocycles. The summed E-state index contributed by atoms with van der Waals surface area (Å²) in [5.41, 5.74) is 1.83. The van der Waals surface area contributed by atoms with Crippen LogP contribution in [0.4, 0.5) is 0 Å². The Bertz CT molecular complexity index is 640. The van der Waals surface area contributed by atoms with Crippen LogP contribution in [0.1, 0.15) is 42.5 Å². The van der Waals surface area contributed by atoms with E-state index in [2.05, 4.69) is 16.7 Å². The molecule has 25 heavy (non-hydrogen) atoms. The van der Waals surface area contributed by atoms with E-state index >= 15 is 0 Å². The van der Waals surface area contributed by atoms with E-state index in [-0.39, 0.29) is 18.4 Å². The fourth-order valence-corrected chi connectivity index (χ4v) is 2.80. The summed E-state index contributed by atoms with van der Waals surface area (Å²) in [5.74, 6) is 0.505. The summed E-state index contributed by atoms with van der Waals surface area (Å²) in [6, 6.07) is 4.87. The fraction of sp³-hybridized carbons (Fsp3) is 0.474. The van der Waals surface area contributed by atoms with Crippen LogP contribution >= 0.6 is 0 Å². The minimum atomic E-state index is -0.328. The molecule has 6 nitrogen and oxygen atoms in total. The first-order valence-electron chi connectivity index (χ1n) is 8.59. The van der Waals surface area contributed by atoms with Gasteiger partial charge < -0.3 is 20.1 Å². The predicted octanol–water partition coefficient (Wildman–Crippen LogP) is 2.44. The molecule has 0 unspecified atom stereocenters. The van der Waals surface area contributed by atoms with Gasteiger partial charge in [0.25, 0.3) is 5.91 Å². The van der Waals surface area contributed by atoms with E-state index in [0.29, 0.717) is 23.6 Å². The van der Waals surface area contributed by atoms with Crippen molar-refractivity contribution >= 4 is 11.8 Å². The normalized spacial score (nSPS) is 13.6. The number of hydrogen-bond acceptors (Lipinski definition) is 4. The van der Waals surface area contributed by atoms with Gasteiger partial charge in [0.2, 0.25) is 5.91 Å². The van der Waals surface area contributed by atoms with E-state index < -0.39 is 0 Å². The topological polar surface area (TPSA) is 76.7 Å². The molecule has 2 N–H and O–H groups in total. The third-order valence-corrected chi connectivity index (χ3v) is 4.21.